The van der Waals surface area contributed by atoms with Gasteiger partial charge in [-0.3, -0.25) is 14.6 Å². The lowest BCUT2D eigenvalue weighted by atomic mass is 9.81. The van der Waals surface area contributed by atoms with E-state index in [1.54, 1.807) is 44.1 Å². The molecule has 0 bridgehead atoms. The molecule has 1 aromatic heterocycles. The second kappa shape index (κ2) is 10.6. The van der Waals surface area contributed by atoms with Crippen molar-refractivity contribution in [3.8, 4) is 0 Å². The Kier molecular flexibility index (Phi) is 7.52. The standard InChI is InChI=1S/C28H33FN6O2/c1-17-9-23(35-8-7-28(16-32-4,27(35)37)21-5-6-21)13-25(34-17)26(36)33-14-19-10-20(12-22(29)11-19)24(15-31-3)18(2)30/h9-13,15,21,30-31H,4-8,14,16H2,1-3H3,(H,33,36)/b24-15+,30-18?/t28-/m1/s1. The van der Waals surface area contributed by atoms with Crippen LogP contribution in [-0.2, 0) is 11.3 Å². The summed E-state index contributed by atoms with van der Waals surface area (Å²) in [7, 11) is 1.71. The maximum absolute atomic E-state index is 14.3. The maximum atomic E-state index is 14.3. The number of nitrogens with one attached hydrogen (secondary N) is 3. The summed E-state index contributed by atoms with van der Waals surface area (Å²) in [6.45, 7) is 8.10. The number of aryl methyl sites for hydroxylation is 1. The predicted octanol–water partition coefficient (Wildman–Crippen LogP) is 3.89. The average Bonchev–Trinajstić information content (AvgIpc) is 3.65. The molecule has 1 atom stereocenters. The number of hydrogen-bond acceptors (Lipinski definition) is 6. The number of anilines is 1. The first-order valence-corrected chi connectivity index (χ1v) is 12.4. The number of nitrogens with zero attached hydrogens (tertiary/aromatic N) is 3. The third-order valence-electron chi connectivity index (χ3n) is 7.10. The van der Waals surface area contributed by atoms with Crippen molar-refractivity contribution in [2.45, 2.75) is 39.7 Å². The van der Waals surface area contributed by atoms with E-state index in [0.29, 0.717) is 47.1 Å². The predicted molar refractivity (Wildman–Crippen MR) is 144 cm³/mol. The Morgan fingerprint density at radius 3 is 2.73 bits per heavy atom. The minimum absolute atomic E-state index is 0.0403. The molecule has 0 spiro atoms. The van der Waals surface area contributed by atoms with Gasteiger partial charge < -0.3 is 20.9 Å². The molecule has 37 heavy (non-hydrogen) atoms. The Labute approximate surface area is 216 Å². The summed E-state index contributed by atoms with van der Waals surface area (Å²) in [5, 5.41) is 13.7. The van der Waals surface area contributed by atoms with E-state index in [0.717, 1.165) is 19.3 Å². The molecular weight excluding hydrogens is 471 g/mol. The number of rotatable bonds is 10. The molecule has 4 rings (SSSR count). The minimum Gasteiger partial charge on any atom is -0.393 e. The largest absolute Gasteiger partial charge is 0.393 e. The number of benzene rings is 1. The Balaban J connectivity index is 1.52. The molecule has 2 fully saturated rings. The first kappa shape index (κ1) is 26.2. The minimum atomic E-state index is -0.494. The van der Waals surface area contributed by atoms with Gasteiger partial charge >= 0.3 is 0 Å². The van der Waals surface area contributed by atoms with Crippen molar-refractivity contribution >= 4 is 35.5 Å². The van der Waals surface area contributed by atoms with E-state index >= 15 is 0 Å². The van der Waals surface area contributed by atoms with E-state index < -0.39 is 17.1 Å². The lowest BCUT2D eigenvalue weighted by Crippen LogP contribution is -2.38. The highest BCUT2D eigenvalue weighted by molar-refractivity contribution is 6.21. The summed E-state index contributed by atoms with van der Waals surface area (Å²) in [6.07, 6.45) is 4.43. The zero-order chi connectivity index (χ0) is 26.7. The normalized spacial score (nSPS) is 19.6. The van der Waals surface area contributed by atoms with Gasteiger partial charge in [-0.05, 0) is 87.2 Å². The SMILES string of the molecule is C=NC[C@@]1(C2CC2)CCN(c2cc(C)nc(C(=O)NCc3cc(F)cc(/C(=C/NC)C(C)=N)c3)c2)C1=O. The third kappa shape index (κ3) is 5.45. The number of aromatic nitrogens is 1. The molecule has 0 radical (unpaired) electrons. The van der Waals surface area contributed by atoms with Gasteiger partial charge in [-0.15, -0.1) is 0 Å². The molecule has 9 heteroatoms. The van der Waals surface area contributed by atoms with Crippen LogP contribution in [0.25, 0.3) is 5.57 Å². The maximum Gasteiger partial charge on any atom is 0.270 e. The quantitative estimate of drug-likeness (QED) is 0.426. The molecule has 3 N–H and O–H groups in total. The number of aliphatic imine (C=N–C) groups is 1. The molecule has 2 aliphatic rings. The zero-order valence-corrected chi connectivity index (χ0v) is 21.5. The average molecular weight is 505 g/mol. The summed E-state index contributed by atoms with van der Waals surface area (Å²) in [5.74, 6) is -0.490. The topological polar surface area (TPSA) is 111 Å². The number of halogens is 1. The van der Waals surface area contributed by atoms with Gasteiger partial charge in [0.1, 0.15) is 11.5 Å². The van der Waals surface area contributed by atoms with Crippen LogP contribution in [0.3, 0.4) is 0 Å². The van der Waals surface area contributed by atoms with Crippen molar-refractivity contribution in [2.24, 2.45) is 16.3 Å². The number of allylic oxidation sites excluding steroid dienone is 1. The number of carbonyl (C=O) groups excluding carboxylic acids is 2. The lowest BCUT2D eigenvalue weighted by Gasteiger charge is -2.26. The van der Waals surface area contributed by atoms with Gasteiger partial charge in [-0.1, -0.05) is 0 Å². The monoisotopic (exact) mass is 504 g/mol. The van der Waals surface area contributed by atoms with Gasteiger partial charge in [0.05, 0.1) is 12.0 Å². The van der Waals surface area contributed by atoms with E-state index in [1.165, 1.54) is 12.1 Å². The highest BCUT2D eigenvalue weighted by Crippen LogP contribution is 2.52. The van der Waals surface area contributed by atoms with Crippen LogP contribution < -0.4 is 15.5 Å². The summed E-state index contributed by atoms with van der Waals surface area (Å²) in [6, 6.07) is 7.90. The molecule has 1 saturated heterocycles. The molecule has 1 aliphatic heterocycles. The summed E-state index contributed by atoms with van der Waals surface area (Å²) in [5.41, 5.74) is 2.91. The Bertz CT molecular complexity index is 1290. The molecule has 2 aromatic rings. The van der Waals surface area contributed by atoms with Crippen LogP contribution in [0.5, 0.6) is 0 Å². The van der Waals surface area contributed by atoms with E-state index in [2.05, 4.69) is 27.3 Å². The van der Waals surface area contributed by atoms with Crippen molar-refractivity contribution in [3.63, 3.8) is 0 Å². The van der Waals surface area contributed by atoms with Gasteiger partial charge in [0, 0.05) is 49.0 Å². The molecule has 1 aliphatic carbocycles. The second-order valence-electron chi connectivity index (χ2n) is 9.87. The fourth-order valence-corrected chi connectivity index (χ4v) is 5.18. The van der Waals surface area contributed by atoms with Crippen LogP contribution in [0.15, 0.2) is 41.5 Å². The van der Waals surface area contributed by atoms with E-state index in [9.17, 15) is 14.0 Å². The van der Waals surface area contributed by atoms with Crippen molar-refractivity contribution in [3.05, 3.63) is 64.9 Å². The Morgan fingerprint density at radius 2 is 2.08 bits per heavy atom. The van der Waals surface area contributed by atoms with Crippen molar-refractivity contribution in [1.82, 2.24) is 15.6 Å². The highest BCUT2D eigenvalue weighted by atomic mass is 19.1. The number of hydrogen-bond donors (Lipinski definition) is 3. The number of pyridine rings is 1. The fraction of sp³-hybridized carbons (Fsp3) is 0.393. The molecule has 1 aromatic carbocycles. The zero-order valence-electron chi connectivity index (χ0n) is 21.5. The molecule has 2 amide bonds. The molecule has 8 nitrogen and oxygen atoms in total. The molecule has 1 saturated carbocycles. The fourth-order valence-electron chi connectivity index (χ4n) is 5.18. The first-order valence-electron chi connectivity index (χ1n) is 12.4. The van der Waals surface area contributed by atoms with Gasteiger partial charge in [0.15, 0.2) is 0 Å². The highest BCUT2D eigenvalue weighted by Gasteiger charge is 2.55. The van der Waals surface area contributed by atoms with Gasteiger partial charge in [-0.2, -0.15) is 0 Å². The number of amides is 2. The van der Waals surface area contributed by atoms with E-state index in [1.807, 2.05) is 6.07 Å². The van der Waals surface area contributed by atoms with E-state index in [4.69, 9.17) is 5.41 Å². The Hall–Kier alpha value is -3.88. The van der Waals surface area contributed by atoms with Crippen LogP contribution in [0.2, 0.25) is 0 Å². The van der Waals surface area contributed by atoms with Crippen LogP contribution in [-0.4, -0.2) is 49.4 Å². The molecule has 194 valence electrons. The van der Waals surface area contributed by atoms with Crippen molar-refractivity contribution in [1.29, 1.82) is 5.41 Å². The summed E-state index contributed by atoms with van der Waals surface area (Å²) < 4.78 is 14.3. The van der Waals surface area contributed by atoms with Gasteiger partial charge in [0.25, 0.3) is 5.91 Å². The molecular formula is C28H33FN6O2. The third-order valence-corrected chi connectivity index (χ3v) is 7.10. The van der Waals surface area contributed by atoms with Crippen molar-refractivity contribution < 1.29 is 14.0 Å². The Morgan fingerprint density at radius 1 is 1.32 bits per heavy atom. The van der Waals surface area contributed by atoms with E-state index in [-0.39, 0.29) is 23.9 Å². The van der Waals surface area contributed by atoms with Crippen LogP contribution in [0.4, 0.5) is 10.1 Å². The van der Waals surface area contributed by atoms with Gasteiger partial charge in [-0.25, -0.2) is 9.37 Å². The van der Waals surface area contributed by atoms with Crippen LogP contribution in [0, 0.1) is 29.5 Å². The van der Waals surface area contributed by atoms with Crippen LogP contribution in [0.1, 0.15) is 53.5 Å². The van der Waals surface area contributed by atoms with Crippen LogP contribution >= 0.6 is 0 Å². The smallest absolute Gasteiger partial charge is 0.270 e. The summed E-state index contributed by atoms with van der Waals surface area (Å²) in [4.78, 5) is 36.7. The van der Waals surface area contributed by atoms with Crippen molar-refractivity contribution in [2.75, 3.05) is 25.0 Å². The lowest BCUT2D eigenvalue weighted by molar-refractivity contribution is -0.126. The van der Waals surface area contributed by atoms with Gasteiger partial charge in [0.2, 0.25) is 5.91 Å². The summed E-state index contributed by atoms with van der Waals surface area (Å²) >= 11 is 0. The first-order chi connectivity index (χ1) is 17.7. The molecule has 2 heterocycles. The molecule has 0 unspecified atom stereocenters. The second-order valence-corrected chi connectivity index (χ2v) is 9.87. The number of carbonyl (C=O) groups is 2.